The van der Waals surface area contributed by atoms with Gasteiger partial charge in [-0.2, -0.15) is 0 Å². The van der Waals surface area contributed by atoms with E-state index in [2.05, 4.69) is 10.3 Å². The SMILES string of the molecule is Cc1cc2nc(-c3ccc4nnn(C)c4c3)sc2c(-c2ccc(Cl)cc2)c1C(OC(C)(C)C)C(=O)O. The fraction of sp³-hybridized carbons (Fsp3) is 0.259. The molecule has 0 saturated carbocycles. The average Bonchev–Trinajstić information content (AvgIpc) is 3.40. The van der Waals surface area contributed by atoms with Crippen LogP contribution >= 0.6 is 22.9 Å². The van der Waals surface area contributed by atoms with Crippen molar-refractivity contribution in [2.45, 2.75) is 39.4 Å². The Morgan fingerprint density at radius 2 is 1.78 bits per heavy atom. The lowest BCUT2D eigenvalue weighted by Gasteiger charge is -2.28. The van der Waals surface area contributed by atoms with Gasteiger partial charge in [0.25, 0.3) is 0 Å². The lowest BCUT2D eigenvalue weighted by atomic mass is 9.91. The van der Waals surface area contributed by atoms with E-state index < -0.39 is 17.7 Å². The summed E-state index contributed by atoms with van der Waals surface area (Å²) < 4.78 is 8.71. The fourth-order valence-corrected chi connectivity index (χ4v) is 5.57. The molecule has 5 aromatic rings. The molecule has 3 aromatic carbocycles. The molecule has 0 spiro atoms. The molecular weight excluding hydrogens is 496 g/mol. The van der Waals surface area contributed by atoms with Crippen molar-refractivity contribution in [3.8, 4) is 21.7 Å². The second-order valence-electron chi connectivity index (χ2n) is 9.72. The predicted molar refractivity (Wildman–Crippen MR) is 144 cm³/mol. The van der Waals surface area contributed by atoms with E-state index in [0.717, 1.165) is 48.5 Å². The molecule has 0 radical (unpaired) electrons. The molecule has 7 nitrogen and oxygen atoms in total. The molecule has 0 saturated heterocycles. The molecule has 2 heterocycles. The van der Waals surface area contributed by atoms with E-state index in [9.17, 15) is 9.90 Å². The van der Waals surface area contributed by atoms with Crippen LogP contribution in [0.15, 0.2) is 48.5 Å². The number of hydrogen-bond acceptors (Lipinski definition) is 6. The zero-order valence-corrected chi connectivity index (χ0v) is 22.1. The number of aromatic nitrogens is 4. The van der Waals surface area contributed by atoms with Crippen LogP contribution in [0.2, 0.25) is 5.02 Å². The van der Waals surface area contributed by atoms with Crippen LogP contribution in [0.5, 0.6) is 0 Å². The van der Waals surface area contributed by atoms with Gasteiger partial charge in [-0.25, -0.2) is 14.5 Å². The number of nitrogens with zero attached hydrogens (tertiary/aromatic N) is 4. The van der Waals surface area contributed by atoms with Gasteiger partial charge in [-0.15, -0.1) is 16.4 Å². The Labute approximate surface area is 217 Å². The standard InChI is InChI=1S/C27H25ClN4O3S/c1-14-12-19-24(36-25(29-19)16-8-11-18-20(13-16)32(5)31-30-18)22(15-6-9-17(28)10-7-15)21(14)23(26(33)34)35-27(2,3)4/h6-13,23H,1-5H3,(H,33,34). The molecule has 0 aliphatic carbocycles. The van der Waals surface area contributed by atoms with Gasteiger partial charge >= 0.3 is 5.97 Å². The smallest absolute Gasteiger partial charge is 0.337 e. The topological polar surface area (TPSA) is 90.1 Å². The molecule has 0 fully saturated rings. The Balaban J connectivity index is 1.79. The number of benzene rings is 3. The van der Waals surface area contributed by atoms with Crippen molar-refractivity contribution in [1.82, 2.24) is 20.0 Å². The van der Waals surface area contributed by atoms with Crippen molar-refractivity contribution in [2.75, 3.05) is 0 Å². The highest BCUT2D eigenvalue weighted by Gasteiger charge is 2.32. The van der Waals surface area contributed by atoms with Gasteiger partial charge in [0.1, 0.15) is 10.5 Å². The first kappa shape index (κ1) is 24.4. The van der Waals surface area contributed by atoms with Crippen LogP contribution in [0.3, 0.4) is 0 Å². The van der Waals surface area contributed by atoms with Crippen LogP contribution in [0.4, 0.5) is 0 Å². The minimum atomic E-state index is -1.15. The van der Waals surface area contributed by atoms with Gasteiger partial charge < -0.3 is 9.84 Å². The van der Waals surface area contributed by atoms with Gasteiger partial charge in [0.05, 0.1) is 21.3 Å². The van der Waals surface area contributed by atoms with Gasteiger partial charge in [0.2, 0.25) is 0 Å². The molecule has 2 aromatic heterocycles. The summed E-state index contributed by atoms with van der Waals surface area (Å²) in [7, 11) is 1.85. The number of aryl methyl sites for hydroxylation is 2. The molecule has 184 valence electrons. The first-order valence-corrected chi connectivity index (χ1v) is 12.6. The number of thiazole rings is 1. The number of carboxylic acid groups (broad SMARTS) is 1. The van der Waals surface area contributed by atoms with E-state index in [1.54, 1.807) is 16.8 Å². The first-order valence-electron chi connectivity index (χ1n) is 11.4. The normalized spacial score (nSPS) is 12.9. The highest BCUT2D eigenvalue weighted by Crippen LogP contribution is 2.44. The van der Waals surface area contributed by atoms with E-state index in [-0.39, 0.29) is 0 Å². The Hall–Kier alpha value is -3.33. The molecule has 0 amide bonds. The zero-order valence-electron chi connectivity index (χ0n) is 20.5. The zero-order chi connectivity index (χ0) is 25.8. The van der Waals surface area contributed by atoms with Crippen LogP contribution in [0.1, 0.15) is 38.0 Å². The lowest BCUT2D eigenvalue weighted by molar-refractivity contribution is -0.160. The van der Waals surface area contributed by atoms with Gasteiger partial charge in [0.15, 0.2) is 6.10 Å². The summed E-state index contributed by atoms with van der Waals surface area (Å²) in [5.41, 5.74) is 5.87. The Morgan fingerprint density at radius 1 is 1.08 bits per heavy atom. The predicted octanol–water partition coefficient (Wildman–Crippen LogP) is 6.81. The van der Waals surface area contributed by atoms with Crippen LogP contribution in [-0.2, 0) is 16.6 Å². The molecule has 1 N–H and O–H groups in total. The minimum absolute atomic E-state index is 0.605. The van der Waals surface area contributed by atoms with Gasteiger partial charge in [-0.05, 0) is 75.2 Å². The van der Waals surface area contributed by atoms with E-state index >= 15 is 0 Å². The molecule has 1 atom stereocenters. The van der Waals surface area contributed by atoms with Crippen molar-refractivity contribution in [3.63, 3.8) is 0 Å². The highest BCUT2D eigenvalue weighted by molar-refractivity contribution is 7.22. The summed E-state index contributed by atoms with van der Waals surface area (Å²) in [4.78, 5) is 17.4. The highest BCUT2D eigenvalue weighted by atomic mass is 35.5. The maximum atomic E-state index is 12.5. The average molecular weight is 521 g/mol. The summed E-state index contributed by atoms with van der Waals surface area (Å²) in [5.74, 6) is -1.04. The maximum absolute atomic E-state index is 12.5. The number of carboxylic acids is 1. The third-order valence-electron chi connectivity index (χ3n) is 5.88. The Bertz CT molecular complexity index is 1620. The number of aliphatic carboxylic acids is 1. The summed E-state index contributed by atoms with van der Waals surface area (Å²) in [6, 6.07) is 15.3. The van der Waals surface area contributed by atoms with E-state index in [1.807, 2.05) is 71.1 Å². The summed E-state index contributed by atoms with van der Waals surface area (Å²) in [5, 5.41) is 19.9. The van der Waals surface area contributed by atoms with Crippen molar-refractivity contribution in [2.24, 2.45) is 7.05 Å². The van der Waals surface area contributed by atoms with E-state index in [0.29, 0.717) is 10.6 Å². The first-order chi connectivity index (χ1) is 17.0. The summed E-state index contributed by atoms with van der Waals surface area (Å²) >= 11 is 7.70. The number of hydrogen-bond donors (Lipinski definition) is 1. The third kappa shape index (κ3) is 4.48. The third-order valence-corrected chi connectivity index (χ3v) is 7.27. The largest absolute Gasteiger partial charge is 0.479 e. The van der Waals surface area contributed by atoms with Gasteiger partial charge in [0, 0.05) is 28.8 Å². The molecule has 5 rings (SSSR count). The van der Waals surface area contributed by atoms with Crippen LogP contribution in [0, 0.1) is 6.92 Å². The second kappa shape index (κ2) is 8.96. The Kier molecular flexibility index (Phi) is 6.06. The molecule has 9 heteroatoms. The summed E-state index contributed by atoms with van der Waals surface area (Å²) in [6.45, 7) is 7.47. The Morgan fingerprint density at radius 3 is 2.44 bits per heavy atom. The van der Waals surface area contributed by atoms with Crippen molar-refractivity contribution in [1.29, 1.82) is 0 Å². The molecule has 36 heavy (non-hydrogen) atoms. The van der Waals surface area contributed by atoms with E-state index in [4.69, 9.17) is 21.3 Å². The van der Waals surface area contributed by atoms with Crippen LogP contribution in [0.25, 0.3) is 42.9 Å². The van der Waals surface area contributed by atoms with Crippen LogP contribution in [-0.4, -0.2) is 36.7 Å². The van der Waals surface area contributed by atoms with Gasteiger partial charge in [-0.1, -0.05) is 28.9 Å². The summed E-state index contributed by atoms with van der Waals surface area (Å²) in [6.07, 6.45) is -1.15. The quantitative estimate of drug-likeness (QED) is 0.273. The lowest BCUT2D eigenvalue weighted by Crippen LogP contribution is -2.28. The van der Waals surface area contributed by atoms with E-state index in [1.165, 1.54) is 11.3 Å². The molecule has 0 bridgehead atoms. The van der Waals surface area contributed by atoms with Crippen molar-refractivity contribution < 1.29 is 14.6 Å². The number of ether oxygens (including phenoxy) is 1. The molecule has 0 aliphatic rings. The maximum Gasteiger partial charge on any atom is 0.337 e. The van der Waals surface area contributed by atoms with Gasteiger partial charge in [-0.3, -0.25) is 0 Å². The van der Waals surface area contributed by atoms with Crippen LogP contribution < -0.4 is 0 Å². The fourth-order valence-electron chi connectivity index (χ4n) is 4.33. The number of halogens is 1. The number of rotatable bonds is 5. The number of carbonyl (C=O) groups is 1. The van der Waals surface area contributed by atoms with Crippen molar-refractivity contribution in [3.05, 3.63) is 64.7 Å². The minimum Gasteiger partial charge on any atom is -0.479 e. The van der Waals surface area contributed by atoms with Crippen molar-refractivity contribution >= 4 is 50.2 Å². The molecule has 0 aliphatic heterocycles. The molecule has 1 unspecified atom stereocenters. The number of fused-ring (bicyclic) bond motifs is 2. The monoisotopic (exact) mass is 520 g/mol. The second-order valence-corrected chi connectivity index (χ2v) is 11.2. The molecular formula is C27H25ClN4O3S.